The van der Waals surface area contributed by atoms with Gasteiger partial charge in [0.25, 0.3) is 0 Å². The molecule has 0 saturated carbocycles. The molecule has 0 aliphatic rings. The van der Waals surface area contributed by atoms with Crippen molar-refractivity contribution in [1.29, 1.82) is 0 Å². The molecule has 0 bridgehead atoms. The molecule has 0 spiro atoms. The molecule has 0 unspecified atom stereocenters. The summed E-state index contributed by atoms with van der Waals surface area (Å²) in [4.78, 5) is 0. The van der Waals surface area contributed by atoms with Crippen LogP contribution in [0, 0.1) is 0 Å². The third-order valence-electron chi connectivity index (χ3n) is 0.954. The molecule has 0 radical (unpaired) electrons. The summed E-state index contributed by atoms with van der Waals surface area (Å²) in [6.45, 7) is 0.797. The quantitative estimate of drug-likeness (QED) is 0.571. The maximum Gasteiger partial charge on any atom is 0.301 e. The first kappa shape index (κ1) is 6.26. The van der Waals surface area contributed by atoms with Gasteiger partial charge in [0.05, 0.1) is 6.26 Å². The van der Waals surface area contributed by atoms with Crippen molar-refractivity contribution in [3.63, 3.8) is 0 Å². The molecular weight excluding hydrogens is 126 g/mol. The highest BCUT2D eigenvalue weighted by atomic mass is 19.3. The number of rotatable bonds is 1. The van der Waals surface area contributed by atoms with E-state index in [1.54, 1.807) is 0 Å². The monoisotopic (exact) mass is 132 g/mol. The Morgan fingerprint density at radius 1 is 1.56 bits per heavy atom. The van der Waals surface area contributed by atoms with Crippen LogP contribution in [0.5, 0.6) is 0 Å². The Morgan fingerprint density at radius 2 is 2.22 bits per heavy atom. The lowest BCUT2D eigenvalue weighted by atomic mass is 10.3. The Bertz CT molecular complexity index is 173. The minimum Gasteiger partial charge on any atom is -0.463 e. The first-order chi connectivity index (χ1) is 4.11. The summed E-state index contributed by atoms with van der Waals surface area (Å²) in [6.07, 6.45) is 1.23. The number of furan rings is 1. The molecule has 0 aliphatic heterocycles. The fraction of sp³-hybridized carbons (Fsp3) is 0.333. The number of hydrogen-bond acceptors (Lipinski definition) is 1. The van der Waals surface area contributed by atoms with Crippen molar-refractivity contribution in [2.45, 2.75) is 12.8 Å². The fourth-order valence-corrected chi connectivity index (χ4v) is 0.528. The van der Waals surface area contributed by atoms with Crippen molar-refractivity contribution in [2.75, 3.05) is 0 Å². The maximum atomic E-state index is 12.2. The Hall–Kier alpha value is -0.860. The largest absolute Gasteiger partial charge is 0.463 e. The lowest BCUT2D eigenvalue weighted by molar-refractivity contribution is -0.00527. The van der Waals surface area contributed by atoms with Gasteiger partial charge < -0.3 is 4.42 Å². The topological polar surface area (TPSA) is 13.1 Å². The smallest absolute Gasteiger partial charge is 0.301 e. The van der Waals surface area contributed by atoms with Crippen molar-refractivity contribution in [1.82, 2.24) is 0 Å². The van der Waals surface area contributed by atoms with Crippen molar-refractivity contribution in [3.8, 4) is 0 Å². The fourth-order valence-electron chi connectivity index (χ4n) is 0.528. The van der Waals surface area contributed by atoms with E-state index in [2.05, 4.69) is 4.42 Å². The first-order valence-corrected chi connectivity index (χ1v) is 2.52. The van der Waals surface area contributed by atoms with Gasteiger partial charge in [0.15, 0.2) is 5.76 Å². The molecule has 0 fully saturated rings. The van der Waals surface area contributed by atoms with E-state index in [4.69, 9.17) is 0 Å². The van der Waals surface area contributed by atoms with Crippen LogP contribution in [0.2, 0.25) is 0 Å². The second-order valence-corrected chi connectivity index (χ2v) is 1.87. The third kappa shape index (κ3) is 1.28. The summed E-state index contributed by atoms with van der Waals surface area (Å²) in [5.74, 6) is -3.13. The SMILES string of the molecule is CC(F)(F)c1ccco1. The molecular formula is C6H6F2O. The van der Waals surface area contributed by atoms with Crippen LogP contribution in [0.4, 0.5) is 8.78 Å². The van der Waals surface area contributed by atoms with E-state index in [1.807, 2.05) is 0 Å². The van der Waals surface area contributed by atoms with Crippen LogP contribution in [0.1, 0.15) is 12.7 Å². The van der Waals surface area contributed by atoms with Gasteiger partial charge in [-0.2, -0.15) is 8.78 Å². The van der Waals surface area contributed by atoms with E-state index in [1.165, 1.54) is 18.4 Å². The molecule has 1 heterocycles. The molecule has 1 aromatic rings. The van der Waals surface area contributed by atoms with Gasteiger partial charge in [0.1, 0.15) is 0 Å². The van der Waals surface area contributed by atoms with Crippen molar-refractivity contribution in [3.05, 3.63) is 24.2 Å². The van der Waals surface area contributed by atoms with Crippen LogP contribution in [0.25, 0.3) is 0 Å². The van der Waals surface area contributed by atoms with Crippen LogP contribution in [0.15, 0.2) is 22.8 Å². The molecule has 0 aromatic carbocycles. The molecule has 1 rings (SSSR count). The minimum absolute atomic E-state index is 0.289. The standard InChI is InChI=1S/C6H6F2O/c1-6(7,8)5-3-2-4-9-5/h2-4H,1H3. The molecule has 9 heavy (non-hydrogen) atoms. The molecule has 0 amide bonds. The van der Waals surface area contributed by atoms with Crippen molar-refractivity contribution < 1.29 is 13.2 Å². The minimum atomic E-state index is -2.84. The first-order valence-electron chi connectivity index (χ1n) is 2.52. The van der Waals surface area contributed by atoms with E-state index >= 15 is 0 Å². The number of halogens is 2. The molecule has 50 valence electrons. The second kappa shape index (κ2) is 1.83. The zero-order valence-electron chi connectivity index (χ0n) is 4.90. The zero-order valence-corrected chi connectivity index (χ0v) is 4.90. The highest BCUT2D eigenvalue weighted by Crippen LogP contribution is 2.26. The van der Waals surface area contributed by atoms with Gasteiger partial charge in [0.2, 0.25) is 0 Å². The number of hydrogen-bond donors (Lipinski definition) is 0. The van der Waals surface area contributed by atoms with Gasteiger partial charge in [0, 0.05) is 6.92 Å². The van der Waals surface area contributed by atoms with Gasteiger partial charge in [-0.05, 0) is 12.1 Å². The average molecular weight is 132 g/mol. The predicted molar refractivity (Wildman–Crippen MR) is 28.3 cm³/mol. The maximum absolute atomic E-state index is 12.2. The molecule has 0 N–H and O–H groups in total. The lowest BCUT2D eigenvalue weighted by Crippen LogP contribution is -2.04. The van der Waals surface area contributed by atoms with Crippen LogP contribution in [-0.2, 0) is 5.92 Å². The zero-order chi connectivity index (χ0) is 6.91. The van der Waals surface area contributed by atoms with Crippen molar-refractivity contribution >= 4 is 0 Å². The summed E-state index contributed by atoms with van der Waals surface area (Å²) >= 11 is 0. The van der Waals surface area contributed by atoms with E-state index in [0.717, 1.165) is 6.92 Å². The molecule has 3 heteroatoms. The second-order valence-electron chi connectivity index (χ2n) is 1.87. The van der Waals surface area contributed by atoms with Crippen LogP contribution in [-0.4, -0.2) is 0 Å². The van der Waals surface area contributed by atoms with E-state index in [9.17, 15) is 8.78 Å². The Labute approximate surface area is 51.3 Å². The van der Waals surface area contributed by atoms with Crippen LogP contribution in [0.3, 0.4) is 0 Å². The van der Waals surface area contributed by atoms with Crippen LogP contribution < -0.4 is 0 Å². The summed E-state index contributed by atoms with van der Waals surface area (Å²) in [5, 5.41) is 0. The Morgan fingerprint density at radius 3 is 2.44 bits per heavy atom. The highest BCUT2D eigenvalue weighted by Gasteiger charge is 2.26. The van der Waals surface area contributed by atoms with E-state index < -0.39 is 5.92 Å². The summed E-state index contributed by atoms with van der Waals surface area (Å²) in [5.41, 5.74) is 0. The highest BCUT2D eigenvalue weighted by molar-refractivity contribution is 5.03. The Kier molecular flexibility index (Phi) is 1.27. The van der Waals surface area contributed by atoms with E-state index in [0.29, 0.717) is 0 Å². The van der Waals surface area contributed by atoms with E-state index in [-0.39, 0.29) is 5.76 Å². The van der Waals surface area contributed by atoms with Gasteiger partial charge in [-0.1, -0.05) is 0 Å². The third-order valence-corrected chi connectivity index (χ3v) is 0.954. The Balaban J connectivity index is 2.90. The molecule has 0 atom stereocenters. The van der Waals surface area contributed by atoms with Gasteiger partial charge in [-0.15, -0.1) is 0 Å². The average Bonchev–Trinajstić information content (AvgIpc) is 2.08. The van der Waals surface area contributed by atoms with Crippen molar-refractivity contribution in [2.24, 2.45) is 0 Å². The summed E-state index contributed by atoms with van der Waals surface area (Å²) in [6, 6.07) is 2.69. The van der Waals surface area contributed by atoms with Crippen LogP contribution >= 0.6 is 0 Å². The number of alkyl halides is 2. The molecule has 1 aromatic heterocycles. The lowest BCUT2D eigenvalue weighted by Gasteiger charge is -2.03. The molecule has 0 saturated heterocycles. The van der Waals surface area contributed by atoms with Gasteiger partial charge in [-0.3, -0.25) is 0 Å². The van der Waals surface area contributed by atoms with Gasteiger partial charge >= 0.3 is 5.92 Å². The predicted octanol–water partition coefficient (Wildman–Crippen LogP) is 2.39. The molecule has 0 aliphatic carbocycles. The summed E-state index contributed by atoms with van der Waals surface area (Å²) < 4.78 is 28.8. The molecule has 1 nitrogen and oxygen atoms in total. The van der Waals surface area contributed by atoms with Gasteiger partial charge in [-0.25, -0.2) is 0 Å². The normalized spacial score (nSPS) is 11.9. The summed E-state index contributed by atoms with van der Waals surface area (Å²) in [7, 11) is 0.